The van der Waals surface area contributed by atoms with Crippen molar-refractivity contribution >= 4 is 0 Å². The molecule has 0 aromatic carbocycles. The zero-order valence-corrected chi connectivity index (χ0v) is 20.4. The number of methoxy groups -OCH3 is 1. The Morgan fingerprint density at radius 3 is 2.26 bits per heavy atom. The van der Waals surface area contributed by atoms with Gasteiger partial charge in [0.1, 0.15) is 16.8 Å². The molecule has 0 radical (unpaired) electrons. The van der Waals surface area contributed by atoms with Crippen molar-refractivity contribution < 1.29 is 59.1 Å². The number of fused-ring (bicyclic) bond motifs is 2. The first-order chi connectivity index (χ1) is 15.6. The van der Waals surface area contributed by atoms with Crippen LogP contribution in [0.5, 0.6) is 0 Å². The smallest absolute Gasteiger partial charge is 0.129 e. The predicted octanol–water partition coefficient (Wildman–Crippen LogP) is -4.64. The first-order valence-electron chi connectivity index (χ1n) is 12.0. The Morgan fingerprint density at radius 1 is 1.09 bits per heavy atom. The molecule has 1 saturated heterocycles. The minimum absolute atomic E-state index is 0.00662. The van der Waals surface area contributed by atoms with Gasteiger partial charge in [0.25, 0.3) is 0 Å². The number of ether oxygens (including phenoxy) is 1. The van der Waals surface area contributed by atoms with Gasteiger partial charge in [-0.25, -0.2) is 0 Å². The van der Waals surface area contributed by atoms with Crippen LogP contribution < -0.4 is 14.0 Å². The molecule has 11 nitrogen and oxygen atoms in total. The highest BCUT2D eigenvalue weighted by Crippen LogP contribution is 2.80. The van der Waals surface area contributed by atoms with Gasteiger partial charge in [-0.2, -0.15) is 14.0 Å². The molecule has 196 valence electrons. The molecular formula is C22H36ClNO10. The SMILES string of the molecule is CCN1CC2(C)CCC(O)C34C2CC(O)(C13)C1(O)CC(OC)C2CC4C1(O)C2O.[O-][Cl+3]([O-])([O-])O. The van der Waals surface area contributed by atoms with Gasteiger partial charge in [0.15, 0.2) is 0 Å². The second-order valence-electron chi connectivity index (χ2n) is 11.8. The van der Waals surface area contributed by atoms with Gasteiger partial charge in [-0.15, -0.1) is 0 Å². The fourth-order valence-corrected chi connectivity index (χ4v) is 10.1. The van der Waals surface area contributed by atoms with E-state index in [1.165, 1.54) is 0 Å². The van der Waals surface area contributed by atoms with E-state index in [0.29, 0.717) is 25.8 Å². The van der Waals surface area contributed by atoms with E-state index in [4.69, 9.17) is 23.4 Å². The van der Waals surface area contributed by atoms with E-state index >= 15 is 0 Å². The average Bonchev–Trinajstić information content (AvgIpc) is 3.08. The van der Waals surface area contributed by atoms with Crippen molar-refractivity contribution in [3.8, 4) is 0 Å². The molecule has 34 heavy (non-hydrogen) atoms. The normalized spacial score (nSPS) is 59.5. The summed E-state index contributed by atoms with van der Waals surface area (Å²) in [5.74, 6) is -0.766. The van der Waals surface area contributed by atoms with E-state index in [2.05, 4.69) is 18.7 Å². The predicted molar refractivity (Wildman–Crippen MR) is 105 cm³/mol. The number of likely N-dealkylation sites (N-methyl/N-ethyl adjacent to an activating group) is 1. The van der Waals surface area contributed by atoms with E-state index in [1.807, 2.05) is 0 Å². The van der Waals surface area contributed by atoms with Crippen LogP contribution in [-0.2, 0) is 4.74 Å². The summed E-state index contributed by atoms with van der Waals surface area (Å²) in [5, 5.41) is 59.4. The number of halogens is 1. The van der Waals surface area contributed by atoms with Gasteiger partial charge >= 0.3 is 0 Å². The van der Waals surface area contributed by atoms with Crippen LogP contribution in [0, 0.1) is 38.8 Å². The van der Waals surface area contributed by atoms with Gasteiger partial charge in [-0.1, -0.05) is 13.8 Å². The molecule has 12 atom stereocenters. The zero-order chi connectivity index (χ0) is 25.3. The maximum Gasteiger partial charge on any atom is 0.129 e. The minimum atomic E-state index is -4.69. The van der Waals surface area contributed by atoms with Crippen LogP contribution in [0.1, 0.15) is 46.0 Å². The van der Waals surface area contributed by atoms with Crippen molar-refractivity contribution in [2.24, 2.45) is 28.6 Å². The number of nitrogens with zero attached hydrogens (tertiary/aromatic N) is 1. The van der Waals surface area contributed by atoms with Crippen LogP contribution in [0.15, 0.2) is 0 Å². The quantitative estimate of drug-likeness (QED) is 0.209. The number of aliphatic hydroxyl groups is 5. The van der Waals surface area contributed by atoms with Gasteiger partial charge in [0.2, 0.25) is 0 Å². The van der Waals surface area contributed by atoms with Crippen molar-refractivity contribution in [3.63, 3.8) is 0 Å². The highest BCUT2D eigenvalue weighted by Gasteiger charge is 2.92. The second-order valence-corrected chi connectivity index (χ2v) is 12.6. The van der Waals surface area contributed by atoms with E-state index in [1.54, 1.807) is 7.11 Å². The van der Waals surface area contributed by atoms with Crippen molar-refractivity contribution in [1.82, 2.24) is 4.90 Å². The molecule has 6 rings (SSSR count). The molecule has 5 saturated carbocycles. The largest absolute Gasteiger partial charge is 0.392 e. The second kappa shape index (κ2) is 7.24. The lowest BCUT2D eigenvalue weighted by Crippen LogP contribution is -2.87. The molecule has 12 unspecified atom stereocenters. The molecule has 6 N–H and O–H groups in total. The standard InChI is InChI=1S/C22H35NO6.ClHO4/c1-4-23-10-18(2)6-5-15(24)21-13-7-11-12(29-3)8-20(27,22(13,28)16(11)25)19(26,17(21)23)9-14(18)21;2-1(3,4)5/h11-17,24-28H,4-10H2,1-3H3;(H,2,3,4,5). The van der Waals surface area contributed by atoms with Gasteiger partial charge in [-0.3, -0.25) is 4.90 Å². The van der Waals surface area contributed by atoms with Crippen molar-refractivity contribution in [3.05, 3.63) is 0 Å². The highest BCUT2D eigenvalue weighted by atomic mass is 35.7. The summed E-state index contributed by atoms with van der Waals surface area (Å²) in [6.45, 7) is 5.86. The molecular weight excluding hydrogens is 474 g/mol. The van der Waals surface area contributed by atoms with Crippen LogP contribution in [0.4, 0.5) is 0 Å². The number of rotatable bonds is 2. The molecule has 6 aliphatic rings. The summed E-state index contributed by atoms with van der Waals surface area (Å²) < 4.78 is 38.4. The lowest BCUT2D eigenvalue weighted by Gasteiger charge is -2.71. The first-order valence-corrected chi connectivity index (χ1v) is 13.3. The van der Waals surface area contributed by atoms with Crippen LogP contribution in [0.25, 0.3) is 0 Å². The summed E-state index contributed by atoms with van der Waals surface area (Å²) in [5.41, 5.74) is -6.12. The molecule has 0 aromatic heterocycles. The molecule has 1 heterocycles. The Morgan fingerprint density at radius 2 is 1.71 bits per heavy atom. The number of piperidine rings is 1. The Balaban J connectivity index is 0.000000439. The molecule has 1 spiro atoms. The van der Waals surface area contributed by atoms with Crippen molar-refractivity contribution in [2.75, 3.05) is 20.2 Å². The van der Waals surface area contributed by atoms with Gasteiger partial charge < -0.3 is 30.3 Å². The Labute approximate surface area is 200 Å². The van der Waals surface area contributed by atoms with Crippen molar-refractivity contribution in [1.29, 1.82) is 0 Å². The maximum absolute atomic E-state index is 12.3. The highest BCUT2D eigenvalue weighted by molar-refractivity contribution is 5.42. The molecule has 5 aliphatic carbocycles. The lowest BCUT2D eigenvalue weighted by atomic mass is 9.41. The molecule has 0 aromatic rings. The Hall–Kier alpha value is -0.150. The summed E-state index contributed by atoms with van der Waals surface area (Å²) in [4.78, 5) is 2.25. The van der Waals surface area contributed by atoms with Gasteiger partial charge in [0, 0.05) is 37.3 Å². The van der Waals surface area contributed by atoms with Crippen LogP contribution in [-0.4, -0.2) is 96.4 Å². The van der Waals surface area contributed by atoms with Gasteiger partial charge in [-0.05, 0) is 43.6 Å². The Bertz CT molecular complexity index is 854. The Kier molecular flexibility index (Phi) is 5.43. The monoisotopic (exact) mass is 509 g/mol. The fourth-order valence-electron chi connectivity index (χ4n) is 10.1. The molecule has 12 heteroatoms. The van der Waals surface area contributed by atoms with Crippen LogP contribution in [0.3, 0.4) is 0 Å². The number of likely N-dealkylation sites (tertiary alicyclic amines) is 1. The third-order valence-electron chi connectivity index (χ3n) is 10.9. The summed E-state index contributed by atoms with van der Waals surface area (Å²) in [6, 6.07) is -0.426. The van der Waals surface area contributed by atoms with E-state index in [9.17, 15) is 25.5 Å². The molecule has 0 amide bonds. The lowest BCUT2D eigenvalue weighted by molar-refractivity contribution is -1.92. The van der Waals surface area contributed by atoms with E-state index in [0.717, 1.165) is 13.0 Å². The minimum Gasteiger partial charge on any atom is -0.392 e. The van der Waals surface area contributed by atoms with E-state index in [-0.39, 0.29) is 23.7 Å². The van der Waals surface area contributed by atoms with Crippen molar-refractivity contribution in [2.45, 2.75) is 87.1 Å². The molecule has 7 bridgehead atoms. The zero-order valence-electron chi connectivity index (χ0n) is 19.6. The van der Waals surface area contributed by atoms with Gasteiger partial charge in [0.05, 0.1) is 39.3 Å². The van der Waals surface area contributed by atoms with Crippen LogP contribution in [0.2, 0.25) is 0 Å². The molecule has 6 fully saturated rings. The average molecular weight is 510 g/mol. The molecule has 1 aliphatic heterocycles. The third-order valence-corrected chi connectivity index (χ3v) is 10.9. The van der Waals surface area contributed by atoms with E-state index < -0.39 is 62.7 Å². The topological polar surface area (TPSA) is 203 Å². The van der Waals surface area contributed by atoms with Crippen LogP contribution >= 0.6 is 0 Å². The number of hydrogen-bond donors (Lipinski definition) is 6. The first kappa shape index (κ1) is 25.5. The maximum atomic E-state index is 12.3. The fraction of sp³-hybridized carbons (Fsp3) is 1.00. The third kappa shape index (κ3) is 2.66. The summed E-state index contributed by atoms with van der Waals surface area (Å²) in [6.07, 6.45) is 0.207. The number of aliphatic hydroxyl groups excluding tert-OH is 2. The summed E-state index contributed by atoms with van der Waals surface area (Å²) in [7, 11) is -3.13. The summed E-state index contributed by atoms with van der Waals surface area (Å²) >= 11 is 0. The number of hydrogen-bond acceptors (Lipinski definition) is 11.